The van der Waals surface area contributed by atoms with Crippen molar-refractivity contribution in [1.29, 1.82) is 0 Å². The largest absolute Gasteiger partial charge is 0.469 e. The zero-order valence-electron chi connectivity index (χ0n) is 20.7. The van der Waals surface area contributed by atoms with Crippen molar-refractivity contribution in [3.63, 3.8) is 0 Å². The number of nitrogens with zero attached hydrogens (tertiary/aromatic N) is 4. The van der Waals surface area contributed by atoms with Gasteiger partial charge in [0, 0.05) is 39.5 Å². The summed E-state index contributed by atoms with van der Waals surface area (Å²) in [6, 6.07) is 20.0. The number of methoxy groups -OCH3 is 2. The Hall–Kier alpha value is -5.06. The van der Waals surface area contributed by atoms with E-state index in [0.717, 1.165) is 32.9 Å². The molecule has 0 radical (unpaired) electrons. The van der Waals surface area contributed by atoms with Crippen LogP contribution < -0.4 is 5.32 Å². The molecule has 1 atom stereocenters. The summed E-state index contributed by atoms with van der Waals surface area (Å²) in [5.41, 5.74) is 4.12. The second kappa shape index (κ2) is 10.5. The van der Waals surface area contributed by atoms with Crippen LogP contribution in [-0.4, -0.2) is 63.3 Å². The molecule has 192 valence electrons. The second-order valence-electron chi connectivity index (χ2n) is 8.60. The number of rotatable bonds is 8. The number of para-hydroxylation sites is 1. The first-order valence-electron chi connectivity index (χ1n) is 11.8. The van der Waals surface area contributed by atoms with Gasteiger partial charge in [-0.2, -0.15) is 5.21 Å². The molecule has 0 saturated carbocycles. The maximum absolute atomic E-state index is 13.0. The lowest BCUT2D eigenvalue weighted by molar-refractivity contribution is -0.149. The summed E-state index contributed by atoms with van der Waals surface area (Å²) in [5, 5.41) is 19.0. The molecule has 0 saturated heterocycles. The molecule has 2 heterocycles. The summed E-state index contributed by atoms with van der Waals surface area (Å²) in [6.07, 6.45) is -0.332. The van der Waals surface area contributed by atoms with E-state index in [2.05, 4.69) is 41.3 Å². The lowest BCUT2D eigenvalue weighted by Crippen LogP contribution is -2.43. The molecule has 0 spiro atoms. The molecular formula is C27H24N6O5. The first kappa shape index (κ1) is 24.6. The number of nitrogens with one attached hydrogen (secondary N) is 2. The Labute approximate surface area is 216 Å². The van der Waals surface area contributed by atoms with Crippen LogP contribution in [0.3, 0.4) is 0 Å². The highest BCUT2D eigenvalue weighted by atomic mass is 16.5. The van der Waals surface area contributed by atoms with E-state index in [9.17, 15) is 14.4 Å². The summed E-state index contributed by atoms with van der Waals surface area (Å²) in [4.78, 5) is 36.8. The van der Waals surface area contributed by atoms with Crippen LogP contribution in [0.15, 0.2) is 66.7 Å². The van der Waals surface area contributed by atoms with Crippen molar-refractivity contribution in [2.75, 3.05) is 14.2 Å². The molecule has 0 bridgehead atoms. The molecule has 11 nitrogen and oxygen atoms in total. The van der Waals surface area contributed by atoms with E-state index in [4.69, 9.17) is 4.74 Å². The highest BCUT2D eigenvalue weighted by Gasteiger charge is 2.25. The third-order valence-corrected chi connectivity index (χ3v) is 6.30. The molecule has 5 rings (SSSR count). The number of tetrazole rings is 1. The van der Waals surface area contributed by atoms with E-state index in [1.54, 1.807) is 18.2 Å². The van der Waals surface area contributed by atoms with E-state index < -0.39 is 23.9 Å². The molecule has 5 aromatic rings. The van der Waals surface area contributed by atoms with Crippen molar-refractivity contribution in [2.24, 2.45) is 0 Å². The first-order chi connectivity index (χ1) is 18.5. The monoisotopic (exact) mass is 512 g/mol. The zero-order valence-corrected chi connectivity index (χ0v) is 20.7. The Balaban J connectivity index is 1.46. The number of hydrogen-bond donors (Lipinski definition) is 2. The minimum absolute atomic E-state index is 0.332. The van der Waals surface area contributed by atoms with Gasteiger partial charge in [-0.1, -0.05) is 30.3 Å². The number of esters is 2. The molecule has 2 aromatic heterocycles. The minimum atomic E-state index is -1.16. The summed E-state index contributed by atoms with van der Waals surface area (Å²) >= 11 is 0. The van der Waals surface area contributed by atoms with Gasteiger partial charge in [0.05, 0.1) is 20.6 Å². The van der Waals surface area contributed by atoms with Crippen molar-refractivity contribution in [3.8, 4) is 11.4 Å². The third kappa shape index (κ3) is 4.81. The normalized spacial score (nSPS) is 11.8. The first-order valence-corrected chi connectivity index (χ1v) is 11.8. The van der Waals surface area contributed by atoms with Gasteiger partial charge >= 0.3 is 11.9 Å². The number of carbonyl (C=O) groups excluding carboxylic acids is 3. The molecule has 38 heavy (non-hydrogen) atoms. The second-order valence-corrected chi connectivity index (χ2v) is 8.60. The predicted molar refractivity (Wildman–Crippen MR) is 138 cm³/mol. The standard InChI is InChI=1S/C27H24N6O5/c1-37-24(34)14-21(27(36)38-2)28-26(35)18-7-5-6-16(12-18)15-33-22-9-4-3-8-19(22)20-13-17(10-11-23(20)33)25-29-31-32-30-25/h3-13,21H,14-15H2,1-2H3,(H,28,35)(H,29,30,31,32). The van der Waals surface area contributed by atoms with Crippen LogP contribution in [0.1, 0.15) is 22.3 Å². The number of ether oxygens (including phenoxy) is 2. The maximum Gasteiger partial charge on any atom is 0.328 e. The summed E-state index contributed by atoms with van der Waals surface area (Å²) in [7, 11) is 2.40. The van der Waals surface area contributed by atoms with Gasteiger partial charge in [-0.25, -0.2) is 4.79 Å². The number of fused-ring (bicyclic) bond motifs is 3. The highest BCUT2D eigenvalue weighted by molar-refractivity contribution is 6.09. The van der Waals surface area contributed by atoms with Crippen molar-refractivity contribution >= 4 is 39.7 Å². The smallest absolute Gasteiger partial charge is 0.328 e. The fourth-order valence-electron chi connectivity index (χ4n) is 4.47. The molecule has 0 aliphatic heterocycles. The van der Waals surface area contributed by atoms with Crippen LogP contribution in [0, 0.1) is 0 Å². The maximum atomic E-state index is 13.0. The van der Waals surface area contributed by atoms with Crippen LogP contribution in [0.2, 0.25) is 0 Å². The third-order valence-electron chi connectivity index (χ3n) is 6.30. The van der Waals surface area contributed by atoms with Gasteiger partial charge in [-0.05, 0) is 47.2 Å². The fourth-order valence-corrected chi connectivity index (χ4v) is 4.47. The molecule has 0 fully saturated rings. The van der Waals surface area contributed by atoms with E-state index >= 15 is 0 Å². The van der Waals surface area contributed by atoms with Crippen LogP contribution in [0.4, 0.5) is 0 Å². The van der Waals surface area contributed by atoms with Crippen molar-refractivity contribution in [3.05, 3.63) is 77.9 Å². The van der Waals surface area contributed by atoms with Gasteiger partial charge in [0.2, 0.25) is 5.82 Å². The van der Waals surface area contributed by atoms with Gasteiger partial charge < -0.3 is 19.4 Å². The number of aromatic nitrogens is 5. The van der Waals surface area contributed by atoms with Gasteiger partial charge in [0.25, 0.3) is 5.91 Å². The fraction of sp³-hybridized carbons (Fsp3) is 0.185. The Bertz CT molecular complexity index is 1640. The van der Waals surface area contributed by atoms with E-state index in [1.165, 1.54) is 14.2 Å². The number of benzene rings is 3. The van der Waals surface area contributed by atoms with Crippen molar-refractivity contribution in [1.82, 2.24) is 30.5 Å². The van der Waals surface area contributed by atoms with Gasteiger partial charge in [0.15, 0.2) is 0 Å². The number of hydrogen-bond acceptors (Lipinski definition) is 8. The molecular weight excluding hydrogens is 488 g/mol. The van der Waals surface area contributed by atoms with Gasteiger partial charge in [-0.3, -0.25) is 9.59 Å². The SMILES string of the molecule is COC(=O)CC(NC(=O)c1cccc(Cn2c3ccccc3c3cc(-c4nn[nH]n4)ccc32)c1)C(=O)OC. The number of H-pyrrole nitrogens is 1. The summed E-state index contributed by atoms with van der Waals surface area (Å²) in [6.45, 7) is 0.495. The average Bonchev–Trinajstić information content (AvgIpc) is 3.59. The van der Waals surface area contributed by atoms with Gasteiger partial charge in [0.1, 0.15) is 6.04 Å². The predicted octanol–water partition coefficient (Wildman–Crippen LogP) is 2.86. The number of amides is 1. The molecule has 1 unspecified atom stereocenters. The zero-order chi connectivity index (χ0) is 26.6. The molecule has 0 aliphatic rings. The molecule has 3 aromatic carbocycles. The summed E-state index contributed by atoms with van der Waals surface area (Å²) < 4.78 is 11.5. The van der Waals surface area contributed by atoms with E-state index in [-0.39, 0.29) is 6.42 Å². The van der Waals surface area contributed by atoms with Crippen LogP contribution in [0.5, 0.6) is 0 Å². The van der Waals surface area contributed by atoms with Crippen LogP contribution in [-0.2, 0) is 25.6 Å². The Morgan fingerprint density at radius 2 is 1.76 bits per heavy atom. The number of aromatic amines is 1. The van der Waals surface area contributed by atoms with E-state index in [1.807, 2.05) is 42.5 Å². The average molecular weight is 513 g/mol. The molecule has 0 aliphatic carbocycles. The molecule has 11 heteroatoms. The molecule has 2 N–H and O–H groups in total. The minimum Gasteiger partial charge on any atom is -0.469 e. The lowest BCUT2D eigenvalue weighted by atomic mass is 10.1. The van der Waals surface area contributed by atoms with Gasteiger partial charge in [-0.15, -0.1) is 10.2 Å². The van der Waals surface area contributed by atoms with Crippen LogP contribution in [0.25, 0.3) is 33.2 Å². The van der Waals surface area contributed by atoms with Crippen molar-refractivity contribution in [2.45, 2.75) is 19.0 Å². The van der Waals surface area contributed by atoms with Crippen LogP contribution >= 0.6 is 0 Å². The highest BCUT2D eigenvalue weighted by Crippen LogP contribution is 2.32. The van der Waals surface area contributed by atoms with Crippen molar-refractivity contribution < 1.29 is 23.9 Å². The Kier molecular flexibility index (Phi) is 6.81. The quantitative estimate of drug-likeness (QED) is 0.302. The molecule has 1 amide bonds. The van der Waals surface area contributed by atoms with E-state index in [0.29, 0.717) is 17.9 Å². The Morgan fingerprint density at radius 1 is 0.947 bits per heavy atom. The lowest BCUT2D eigenvalue weighted by Gasteiger charge is -2.16. The number of carbonyl (C=O) groups is 3. The Morgan fingerprint density at radius 3 is 2.53 bits per heavy atom. The topological polar surface area (TPSA) is 141 Å². The summed E-state index contributed by atoms with van der Waals surface area (Å²) in [5.74, 6) is -1.35.